The molecule has 7 heavy (non-hydrogen) atoms. The number of hydrogen-bond acceptors (Lipinski definition) is 2. The summed E-state index contributed by atoms with van der Waals surface area (Å²) in [5, 5.41) is 6.94. The molecule has 0 saturated heterocycles. The number of carbonyl (C=O) groups excluding carboxylic acids is 1. The molecule has 0 aliphatic heterocycles. The molecule has 38 valence electrons. The summed E-state index contributed by atoms with van der Waals surface area (Å²) in [6.07, 6.45) is 0. The van der Waals surface area contributed by atoms with Crippen molar-refractivity contribution in [1.82, 2.24) is 0 Å². The zero-order valence-electron chi connectivity index (χ0n) is 3.81. The Morgan fingerprint density at radius 2 is 2.43 bits per heavy atom. The van der Waals surface area contributed by atoms with E-state index in [1.165, 1.54) is 6.92 Å². The van der Waals surface area contributed by atoms with Crippen molar-refractivity contribution in [2.24, 2.45) is 0 Å². The van der Waals surface area contributed by atoms with Crippen LogP contribution in [-0.4, -0.2) is 11.2 Å². The molecule has 0 rings (SSSR count). The molecule has 0 spiro atoms. The van der Waals surface area contributed by atoms with Gasteiger partial charge >= 0.3 is 0 Å². The van der Waals surface area contributed by atoms with E-state index in [2.05, 4.69) is 0 Å². The van der Waals surface area contributed by atoms with Gasteiger partial charge in [-0.05, 0) is 6.92 Å². The second-order valence-electron chi connectivity index (χ2n) is 1.10. The second-order valence-corrected chi connectivity index (χ2v) is 1.54. The van der Waals surface area contributed by atoms with Crippen molar-refractivity contribution in [2.45, 2.75) is 12.3 Å². The van der Waals surface area contributed by atoms with Crippen molar-refractivity contribution in [1.29, 1.82) is 5.26 Å². The number of carbonyl (C=O) groups is 1. The van der Waals surface area contributed by atoms with Crippen molar-refractivity contribution < 1.29 is 4.79 Å². The zero-order valence-corrected chi connectivity index (χ0v) is 4.57. The standard InChI is InChI=1S/C4H4ClNO/c1-3(7)4(5)2-6/h4H,1H3. The normalized spacial score (nSPS) is 12.1. The minimum absolute atomic E-state index is 0.302. The molecule has 1 unspecified atom stereocenters. The van der Waals surface area contributed by atoms with Gasteiger partial charge in [0.2, 0.25) is 0 Å². The van der Waals surface area contributed by atoms with E-state index in [0.717, 1.165) is 0 Å². The Morgan fingerprint density at radius 3 is 2.43 bits per heavy atom. The Morgan fingerprint density at radius 1 is 2.00 bits per heavy atom. The fourth-order valence-corrected chi connectivity index (χ4v) is 0.0909. The number of hydrogen-bond donors (Lipinski definition) is 0. The summed E-state index contributed by atoms with van der Waals surface area (Å²) in [6.45, 7) is 1.28. The molecule has 2 nitrogen and oxygen atoms in total. The number of nitriles is 1. The molecular formula is C4H4ClNO. The summed E-state index contributed by atoms with van der Waals surface area (Å²) < 4.78 is 0. The first-order valence-electron chi connectivity index (χ1n) is 1.72. The summed E-state index contributed by atoms with van der Waals surface area (Å²) in [7, 11) is 0. The highest BCUT2D eigenvalue weighted by molar-refractivity contribution is 6.32. The van der Waals surface area contributed by atoms with Gasteiger partial charge in [0.05, 0.1) is 6.07 Å². The number of nitrogens with zero attached hydrogens (tertiary/aromatic N) is 1. The van der Waals surface area contributed by atoms with E-state index in [1.807, 2.05) is 0 Å². The maximum atomic E-state index is 10.0. The van der Waals surface area contributed by atoms with Crippen LogP contribution in [0.3, 0.4) is 0 Å². The predicted molar refractivity (Wildman–Crippen MR) is 25.9 cm³/mol. The van der Waals surface area contributed by atoms with E-state index >= 15 is 0 Å². The van der Waals surface area contributed by atoms with Gasteiger partial charge in [-0.2, -0.15) is 5.26 Å². The first-order chi connectivity index (χ1) is 3.18. The Balaban J connectivity index is 3.63. The first-order valence-corrected chi connectivity index (χ1v) is 2.16. The first kappa shape index (κ1) is 6.45. The Bertz CT molecular complexity index is 115. The van der Waals surface area contributed by atoms with Crippen LogP contribution in [0.25, 0.3) is 0 Å². The molecule has 0 bridgehead atoms. The molecule has 0 saturated carbocycles. The van der Waals surface area contributed by atoms with Gasteiger partial charge in [0, 0.05) is 0 Å². The Kier molecular flexibility index (Phi) is 2.39. The van der Waals surface area contributed by atoms with E-state index in [4.69, 9.17) is 16.9 Å². The van der Waals surface area contributed by atoms with E-state index in [-0.39, 0.29) is 5.78 Å². The fourth-order valence-electron chi connectivity index (χ4n) is 0.0909. The highest BCUT2D eigenvalue weighted by atomic mass is 35.5. The van der Waals surface area contributed by atoms with Crippen molar-refractivity contribution >= 4 is 17.4 Å². The molecule has 0 aliphatic carbocycles. The molecule has 0 N–H and O–H groups in total. The van der Waals surface area contributed by atoms with Crippen LogP contribution in [0.4, 0.5) is 0 Å². The van der Waals surface area contributed by atoms with Crippen molar-refractivity contribution in [3.63, 3.8) is 0 Å². The molecule has 3 heteroatoms. The van der Waals surface area contributed by atoms with Gasteiger partial charge in [0.25, 0.3) is 0 Å². The van der Waals surface area contributed by atoms with Crippen LogP contribution in [0.2, 0.25) is 0 Å². The molecule has 0 heterocycles. The highest BCUT2D eigenvalue weighted by Crippen LogP contribution is 1.91. The van der Waals surface area contributed by atoms with Crippen LogP contribution in [0.1, 0.15) is 6.92 Å². The lowest BCUT2D eigenvalue weighted by Gasteiger charge is -1.85. The molecule has 0 aromatic heterocycles. The SMILES string of the molecule is CC(=O)C(Cl)C#N. The van der Waals surface area contributed by atoms with Gasteiger partial charge in [-0.3, -0.25) is 4.79 Å². The summed E-state index contributed by atoms with van der Waals surface area (Å²) in [5.41, 5.74) is 0. The van der Waals surface area contributed by atoms with Gasteiger partial charge in [-0.25, -0.2) is 0 Å². The summed E-state index contributed by atoms with van der Waals surface area (Å²) in [6, 6.07) is 1.58. The van der Waals surface area contributed by atoms with E-state index in [0.29, 0.717) is 0 Å². The quantitative estimate of drug-likeness (QED) is 0.475. The minimum atomic E-state index is -0.958. The summed E-state index contributed by atoms with van der Waals surface area (Å²) in [4.78, 5) is 10.0. The fraction of sp³-hybridized carbons (Fsp3) is 0.500. The van der Waals surface area contributed by atoms with Crippen molar-refractivity contribution in [2.75, 3.05) is 0 Å². The summed E-state index contributed by atoms with van der Waals surface area (Å²) in [5.74, 6) is -0.302. The Labute approximate surface area is 46.7 Å². The highest BCUT2D eigenvalue weighted by Gasteiger charge is 2.05. The van der Waals surface area contributed by atoms with Gasteiger partial charge < -0.3 is 0 Å². The average Bonchev–Trinajstić information content (AvgIpc) is 1.65. The van der Waals surface area contributed by atoms with Gasteiger partial charge in [0.1, 0.15) is 0 Å². The van der Waals surface area contributed by atoms with E-state index in [9.17, 15) is 4.79 Å². The van der Waals surface area contributed by atoms with Crippen LogP contribution in [0.5, 0.6) is 0 Å². The minimum Gasteiger partial charge on any atom is -0.297 e. The lowest BCUT2D eigenvalue weighted by atomic mass is 10.3. The van der Waals surface area contributed by atoms with Gasteiger partial charge in [-0.1, -0.05) is 11.6 Å². The molecule has 0 radical (unpaired) electrons. The third-order valence-corrected chi connectivity index (χ3v) is 0.875. The lowest BCUT2D eigenvalue weighted by molar-refractivity contribution is -0.115. The van der Waals surface area contributed by atoms with Crippen LogP contribution in [0, 0.1) is 11.3 Å². The van der Waals surface area contributed by atoms with Crippen LogP contribution in [0.15, 0.2) is 0 Å². The number of ketones is 1. The molecule has 0 aliphatic rings. The largest absolute Gasteiger partial charge is 0.297 e. The van der Waals surface area contributed by atoms with Gasteiger partial charge in [-0.15, -0.1) is 0 Å². The third kappa shape index (κ3) is 2.18. The number of halogens is 1. The molecule has 0 aromatic carbocycles. The number of Topliss-reactive ketones (excluding diaryl/α,β-unsaturated/α-hetero) is 1. The van der Waals surface area contributed by atoms with Crippen LogP contribution < -0.4 is 0 Å². The Hall–Kier alpha value is -0.550. The van der Waals surface area contributed by atoms with E-state index < -0.39 is 5.38 Å². The second kappa shape index (κ2) is 2.59. The summed E-state index contributed by atoms with van der Waals surface area (Å²) >= 11 is 5.09. The molecule has 0 aromatic rings. The predicted octanol–water partition coefficient (Wildman–Crippen LogP) is 0.706. The molecule has 0 amide bonds. The third-order valence-electron chi connectivity index (χ3n) is 0.470. The average molecular weight is 118 g/mol. The monoisotopic (exact) mass is 117 g/mol. The van der Waals surface area contributed by atoms with Crippen molar-refractivity contribution in [3.05, 3.63) is 0 Å². The molecular weight excluding hydrogens is 114 g/mol. The number of rotatable bonds is 1. The maximum absolute atomic E-state index is 10.0. The van der Waals surface area contributed by atoms with Crippen LogP contribution >= 0.6 is 11.6 Å². The lowest BCUT2D eigenvalue weighted by Crippen LogP contribution is -2.05. The number of alkyl halides is 1. The smallest absolute Gasteiger partial charge is 0.178 e. The van der Waals surface area contributed by atoms with Crippen molar-refractivity contribution in [3.8, 4) is 6.07 Å². The molecule has 0 fully saturated rings. The van der Waals surface area contributed by atoms with Crippen LogP contribution in [-0.2, 0) is 4.79 Å². The molecule has 1 atom stereocenters. The van der Waals surface area contributed by atoms with E-state index in [1.54, 1.807) is 6.07 Å². The topological polar surface area (TPSA) is 40.9 Å². The zero-order chi connectivity index (χ0) is 5.86. The maximum Gasteiger partial charge on any atom is 0.178 e. The van der Waals surface area contributed by atoms with Gasteiger partial charge in [0.15, 0.2) is 11.2 Å².